The van der Waals surface area contributed by atoms with Crippen molar-refractivity contribution in [3.63, 3.8) is 0 Å². The van der Waals surface area contributed by atoms with E-state index in [1.54, 1.807) is 15.9 Å². The normalized spacial score (nSPS) is 20.7. The van der Waals surface area contributed by atoms with Crippen molar-refractivity contribution in [3.05, 3.63) is 20.8 Å². The van der Waals surface area contributed by atoms with Crippen LogP contribution in [0.25, 0.3) is 10.2 Å². The summed E-state index contributed by atoms with van der Waals surface area (Å²) in [6.07, 6.45) is 5.06. The number of thiophene rings is 1. The number of hydrogen-bond acceptors (Lipinski definition) is 6. The molecule has 0 aromatic carbocycles. The fourth-order valence-corrected chi connectivity index (χ4v) is 5.73. The second kappa shape index (κ2) is 5.94. The molecule has 1 aliphatic heterocycles. The van der Waals surface area contributed by atoms with Crippen molar-refractivity contribution in [3.8, 4) is 0 Å². The van der Waals surface area contributed by atoms with E-state index in [9.17, 15) is 9.59 Å². The number of carbonyl (C=O) groups is 1. The summed E-state index contributed by atoms with van der Waals surface area (Å²) in [5, 5.41) is 1.21. The van der Waals surface area contributed by atoms with E-state index in [0.29, 0.717) is 24.7 Å². The van der Waals surface area contributed by atoms with Crippen LogP contribution in [0, 0.1) is 0 Å². The number of rotatable bonds is 3. The average molecular weight is 350 g/mol. The van der Waals surface area contributed by atoms with Gasteiger partial charge in [-0.05, 0) is 38.2 Å². The maximum Gasteiger partial charge on any atom is 0.319 e. The fraction of sp³-hybridized carbons (Fsp3) is 0.562. The SMILES string of the molecule is CCn1c(S[C@H]2CCOC2=O)nc2sc3c(c2c1=O)CCCC3. The Bertz CT molecular complexity index is 840. The Labute approximate surface area is 142 Å². The van der Waals surface area contributed by atoms with E-state index in [1.807, 2.05) is 6.92 Å². The Hall–Kier alpha value is -1.34. The van der Waals surface area contributed by atoms with Crippen LogP contribution in [0.3, 0.4) is 0 Å². The first-order valence-electron chi connectivity index (χ1n) is 8.07. The Balaban J connectivity index is 1.84. The number of carbonyl (C=O) groups excluding carboxylic acids is 1. The third kappa shape index (κ3) is 2.50. The summed E-state index contributed by atoms with van der Waals surface area (Å²) in [7, 11) is 0. The number of aryl methyl sites for hydroxylation is 2. The molecule has 1 aliphatic carbocycles. The molecule has 0 amide bonds. The maximum absolute atomic E-state index is 13.0. The van der Waals surface area contributed by atoms with Crippen molar-refractivity contribution in [1.82, 2.24) is 9.55 Å². The van der Waals surface area contributed by atoms with Gasteiger partial charge < -0.3 is 4.74 Å². The van der Waals surface area contributed by atoms with Gasteiger partial charge >= 0.3 is 5.97 Å². The number of hydrogen-bond donors (Lipinski definition) is 0. The number of ether oxygens (including phenoxy) is 1. The van der Waals surface area contributed by atoms with Gasteiger partial charge in [-0.1, -0.05) is 11.8 Å². The number of aromatic nitrogens is 2. The maximum atomic E-state index is 13.0. The van der Waals surface area contributed by atoms with E-state index in [4.69, 9.17) is 9.72 Å². The molecule has 2 aromatic heterocycles. The third-order valence-corrected chi connectivity index (χ3v) is 6.91. The summed E-state index contributed by atoms with van der Waals surface area (Å²) in [6, 6.07) is 0. The van der Waals surface area contributed by atoms with Crippen LogP contribution in [0.5, 0.6) is 0 Å². The zero-order chi connectivity index (χ0) is 16.0. The van der Waals surface area contributed by atoms with Crippen LogP contribution >= 0.6 is 23.1 Å². The van der Waals surface area contributed by atoms with E-state index >= 15 is 0 Å². The van der Waals surface area contributed by atoms with Crippen molar-refractivity contribution >= 4 is 39.3 Å². The first-order valence-corrected chi connectivity index (χ1v) is 9.77. The summed E-state index contributed by atoms with van der Waals surface area (Å²) in [6.45, 7) is 2.98. The lowest BCUT2D eigenvalue weighted by Gasteiger charge is -2.13. The van der Waals surface area contributed by atoms with Crippen LogP contribution < -0.4 is 5.56 Å². The number of esters is 1. The standard InChI is InChI=1S/C16H18N2O3S2/c1-2-18-14(19)12-9-5-3-4-6-10(9)22-13(12)17-16(18)23-11-7-8-21-15(11)20/h11H,2-8H2,1H3/t11-/m0/s1. The molecule has 1 fully saturated rings. The molecule has 1 atom stereocenters. The van der Waals surface area contributed by atoms with Crippen LogP contribution in [0.4, 0.5) is 0 Å². The molecular weight excluding hydrogens is 332 g/mol. The molecule has 2 aliphatic rings. The highest BCUT2D eigenvalue weighted by atomic mass is 32.2. The molecule has 3 heterocycles. The highest BCUT2D eigenvalue weighted by Crippen LogP contribution is 2.36. The fourth-order valence-electron chi connectivity index (χ4n) is 3.30. The lowest BCUT2D eigenvalue weighted by molar-refractivity contribution is -0.137. The predicted molar refractivity (Wildman–Crippen MR) is 91.4 cm³/mol. The van der Waals surface area contributed by atoms with Gasteiger partial charge in [-0.15, -0.1) is 11.3 Å². The molecule has 23 heavy (non-hydrogen) atoms. The van der Waals surface area contributed by atoms with Crippen LogP contribution in [0.15, 0.2) is 9.95 Å². The van der Waals surface area contributed by atoms with Crippen LogP contribution in [-0.4, -0.2) is 27.4 Å². The summed E-state index contributed by atoms with van der Waals surface area (Å²) in [5.41, 5.74) is 1.26. The molecule has 2 aromatic rings. The van der Waals surface area contributed by atoms with Gasteiger partial charge in [-0.3, -0.25) is 14.2 Å². The smallest absolute Gasteiger partial charge is 0.319 e. The number of fused-ring (bicyclic) bond motifs is 3. The third-order valence-electron chi connectivity index (χ3n) is 4.49. The minimum Gasteiger partial charge on any atom is -0.465 e. The minimum atomic E-state index is -0.244. The number of nitrogens with zero attached hydrogens (tertiary/aromatic N) is 2. The monoisotopic (exact) mass is 350 g/mol. The van der Waals surface area contributed by atoms with E-state index in [0.717, 1.165) is 29.5 Å². The van der Waals surface area contributed by atoms with Crippen LogP contribution in [0.1, 0.15) is 36.6 Å². The van der Waals surface area contributed by atoms with Crippen LogP contribution in [0.2, 0.25) is 0 Å². The molecule has 0 radical (unpaired) electrons. The second-order valence-electron chi connectivity index (χ2n) is 5.90. The molecule has 4 rings (SSSR count). The van der Waals surface area contributed by atoms with Crippen molar-refractivity contribution in [2.45, 2.75) is 56.0 Å². The zero-order valence-electron chi connectivity index (χ0n) is 13.0. The number of cyclic esters (lactones) is 1. The Kier molecular flexibility index (Phi) is 3.93. The summed E-state index contributed by atoms with van der Waals surface area (Å²) < 4.78 is 6.73. The van der Waals surface area contributed by atoms with Gasteiger partial charge in [0.05, 0.1) is 12.0 Å². The number of thioether (sulfide) groups is 1. The Morgan fingerprint density at radius 3 is 2.91 bits per heavy atom. The van der Waals surface area contributed by atoms with Gasteiger partial charge in [-0.25, -0.2) is 4.98 Å². The molecule has 1 saturated heterocycles. The largest absolute Gasteiger partial charge is 0.465 e. The van der Waals surface area contributed by atoms with E-state index in [2.05, 4.69) is 0 Å². The second-order valence-corrected chi connectivity index (χ2v) is 8.15. The topological polar surface area (TPSA) is 61.2 Å². The van der Waals surface area contributed by atoms with Gasteiger partial charge in [0.15, 0.2) is 5.16 Å². The summed E-state index contributed by atoms with van der Waals surface area (Å²) >= 11 is 3.02. The molecule has 7 heteroatoms. The van der Waals surface area contributed by atoms with Crippen molar-refractivity contribution in [2.24, 2.45) is 0 Å². The Morgan fingerprint density at radius 1 is 1.35 bits per heavy atom. The lowest BCUT2D eigenvalue weighted by Crippen LogP contribution is -2.24. The van der Waals surface area contributed by atoms with Gasteiger partial charge in [0.25, 0.3) is 5.56 Å². The predicted octanol–water partition coefficient (Wildman–Crippen LogP) is 2.76. The van der Waals surface area contributed by atoms with E-state index in [1.165, 1.54) is 28.6 Å². The highest BCUT2D eigenvalue weighted by Gasteiger charge is 2.30. The highest BCUT2D eigenvalue weighted by molar-refractivity contribution is 8.00. The zero-order valence-corrected chi connectivity index (χ0v) is 14.6. The quantitative estimate of drug-likeness (QED) is 0.629. The molecule has 0 spiro atoms. The van der Waals surface area contributed by atoms with E-state index in [-0.39, 0.29) is 16.8 Å². The van der Waals surface area contributed by atoms with Crippen molar-refractivity contribution in [2.75, 3.05) is 6.61 Å². The summed E-state index contributed by atoms with van der Waals surface area (Å²) in [4.78, 5) is 31.6. The van der Waals surface area contributed by atoms with Gasteiger partial charge in [0.1, 0.15) is 10.1 Å². The molecule has 0 N–H and O–H groups in total. The molecule has 0 saturated carbocycles. The van der Waals surface area contributed by atoms with Crippen molar-refractivity contribution in [1.29, 1.82) is 0 Å². The van der Waals surface area contributed by atoms with Gasteiger partial charge in [0, 0.05) is 17.8 Å². The molecular formula is C16H18N2O3S2. The minimum absolute atomic E-state index is 0.0470. The Morgan fingerprint density at radius 2 is 2.17 bits per heavy atom. The molecule has 0 bridgehead atoms. The van der Waals surface area contributed by atoms with Gasteiger partial charge in [-0.2, -0.15) is 0 Å². The molecule has 0 unspecified atom stereocenters. The van der Waals surface area contributed by atoms with Crippen molar-refractivity contribution < 1.29 is 9.53 Å². The first kappa shape index (κ1) is 15.2. The average Bonchev–Trinajstić information content (AvgIpc) is 3.11. The summed E-state index contributed by atoms with van der Waals surface area (Å²) in [5.74, 6) is -0.197. The van der Waals surface area contributed by atoms with Gasteiger partial charge in [0.2, 0.25) is 0 Å². The van der Waals surface area contributed by atoms with Crippen LogP contribution in [-0.2, 0) is 28.9 Å². The molecule has 5 nitrogen and oxygen atoms in total. The lowest BCUT2D eigenvalue weighted by atomic mass is 9.97. The molecule has 122 valence electrons. The first-order chi connectivity index (χ1) is 11.2. The van der Waals surface area contributed by atoms with E-state index < -0.39 is 0 Å².